The molecule has 118 valence electrons. The molecule has 2 heterocycles. The second kappa shape index (κ2) is 6.21. The number of amides is 1. The van der Waals surface area contributed by atoms with E-state index in [4.69, 9.17) is 0 Å². The van der Waals surface area contributed by atoms with Gasteiger partial charge in [-0.15, -0.1) is 16.4 Å². The molecule has 4 rings (SSSR count). The fourth-order valence-corrected chi connectivity index (χ4v) is 3.20. The summed E-state index contributed by atoms with van der Waals surface area (Å²) in [7, 11) is 0. The molecule has 0 bridgehead atoms. The van der Waals surface area contributed by atoms with Crippen LogP contribution < -0.4 is 5.32 Å². The number of fused-ring (bicyclic) bond motifs is 1. The molecule has 2 aromatic heterocycles. The van der Waals surface area contributed by atoms with Crippen LogP contribution in [0.15, 0.2) is 60.8 Å². The number of benzene rings is 2. The summed E-state index contributed by atoms with van der Waals surface area (Å²) in [5.41, 5.74) is 2.03. The molecule has 0 spiro atoms. The van der Waals surface area contributed by atoms with Crippen LogP contribution in [0.2, 0.25) is 0 Å². The van der Waals surface area contributed by atoms with E-state index in [1.807, 2.05) is 54.6 Å². The molecule has 0 atom stereocenters. The molecule has 0 aliphatic heterocycles. The van der Waals surface area contributed by atoms with Crippen molar-refractivity contribution in [3.05, 3.63) is 71.5 Å². The number of para-hydroxylation sites is 2. The minimum Gasteiger partial charge on any atom is -0.344 e. The minimum atomic E-state index is -0.267. The van der Waals surface area contributed by atoms with E-state index in [1.165, 1.54) is 11.0 Å². The van der Waals surface area contributed by atoms with Crippen molar-refractivity contribution in [1.82, 2.24) is 25.3 Å². The molecule has 2 aromatic carbocycles. The second-order valence-electron chi connectivity index (χ2n) is 5.11. The fourth-order valence-electron chi connectivity index (χ4n) is 2.29. The maximum atomic E-state index is 12.2. The Balaban J connectivity index is 1.45. The Labute approximate surface area is 141 Å². The third kappa shape index (κ3) is 2.89. The second-order valence-corrected chi connectivity index (χ2v) is 6.23. The molecule has 0 aliphatic rings. The van der Waals surface area contributed by atoms with Gasteiger partial charge in [-0.3, -0.25) is 4.79 Å². The molecule has 0 radical (unpaired) electrons. The molecule has 0 saturated carbocycles. The van der Waals surface area contributed by atoms with Gasteiger partial charge in [-0.05, 0) is 24.3 Å². The van der Waals surface area contributed by atoms with Crippen LogP contribution in [0.4, 0.5) is 0 Å². The number of nitrogens with zero attached hydrogens (tertiary/aromatic N) is 4. The largest absolute Gasteiger partial charge is 0.344 e. The van der Waals surface area contributed by atoms with Crippen molar-refractivity contribution in [2.75, 3.05) is 0 Å². The average Bonchev–Trinajstić information content (AvgIpc) is 3.27. The highest BCUT2D eigenvalue weighted by atomic mass is 32.1. The Hall–Kier alpha value is -3.06. The number of nitrogens with one attached hydrogen (secondary N) is 1. The van der Waals surface area contributed by atoms with E-state index < -0.39 is 0 Å². The highest BCUT2D eigenvalue weighted by Crippen LogP contribution is 2.21. The molecular formula is C17H13N5OS. The molecule has 24 heavy (non-hydrogen) atoms. The topological polar surface area (TPSA) is 72.7 Å². The molecule has 1 N–H and O–H groups in total. The molecule has 0 fully saturated rings. The molecule has 1 amide bonds. The van der Waals surface area contributed by atoms with Gasteiger partial charge in [-0.25, -0.2) is 4.98 Å². The van der Waals surface area contributed by atoms with Crippen molar-refractivity contribution < 1.29 is 4.79 Å². The normalized spacial score (nSPS) is 10.8. The highest BCUT2D eigenvalue weighted by molar-refractivity contribution is 7.18. The van der Waals surface area contributed by atoms with Crippen molar-refractivity contribution in [3.63, 3.8) is 0 Å². The molecule has 4 aromatic rings. The van der Waals surface area contributed by atoms with E-state index in [1.54, 1.807) is 11.3 Å². The van der Waals surface area contributed by atoms with Gasteiger partial charge in [0.05, 0.1) is 28.6 Å². The van der Waals surface area contributed by atoms with E-state index in [0.29, 0.717) is 6.54 Å². The van der Waals surface area contributed by atoms with Gasteiger partial charge in [0.15, 0.2) is 5.69 Å². The predicted octanol–water partition coefficient (Wildman–Crippen LogP) is 2.81. The highest BCUT2D eigenvalue weighted by Gasteiger charge is 2.12. The number of aromatic nitrogens is 4. The van der Waals surface area contributed by atoms with E-state index >= 15 is 0 Å². The monoisotopic (exact) mass is 335 g/mol. The standard InChI is InChI=1S/C17H13N5OS/c23-17(14-10-19-22(21-14)12-6-2-1-3-7-12)18-11-16-20-13-8-4-5-9-15(13)24-16/h1-10H,11H2,(H,18,23). The van der Waals surface area contributed by atoms with Crippen LogP contribution in [0.5, 0.6) is 0 Å². The van der Waals surface area contributed by atoms with E-state index in [0.717, 1.165) is 20.9 Å². The first-order chi connectivity index (χ1) is 11.8. The van der Waals surface area contributed by atoms with Gasteiger partial charge in [0, 0.05) is 0 Å². The molecule has 0 saturated heterocycles. The minimum absolute atomic E-state index is 0.267. The van der Waals surface area contributed by atoms with Gasteiger partial charge >= 0.3 is 0 Å². The average molecular weight is 335 g/mol. The smallest absolute Gasteiger partial charge is 0.273 e. The van der Waals surface area contributed by atoms with Crippen molar-refractivity contribution in [2.45, 2.75) is 6.54 Å². The van der Waals surface area contributed by atoms with Crippen molar-refractivity contribution >= 4 is 27.5 Å². The Morgan fingerprint density at radius 1 is 1.08 bits per heavy atom. The lowest BCUT2D eigenvalue weighted by atomic mass is 10.3. The van der Waals surface area contributed by atoms with Crippen LogP contribution in [0, 0.1) is 0 Å². The van der Waals surface area contributed by atoms with Crippen molar-refractivity contribution in [2.24, 2.45) is 0 Å². The lowest BCUT2D eigenvalue weighted by molar-refractivity contribution is 0.0945. The van der Waals surface area contributed by atoms with Crippen LogP contribution in [0.1, 0.15) is 15.5 Å². The van der Waals surface area contributed by atoms with E-state index in [-0.39, 0.29) is 11.6 Å². The molecular weight excluding hydrogens is 322 g/mol. The zero-order chi connectivity index (χ0) is 16.4. The van der Waals surface area contributed by atoms with E-state index in [2.05, 4.69) is 20.5 Å². The summed E-state index contributed by atoms with van der Waals surface area (Å²) in [6.07, 6.45) is 1.46. The lowest BCUT2D eigenvalue weighted by Gasteiger charge is -2.00. The summed E-state index contributed by atoms with van der Waals surface area (Å²) in [6, 6.07) is 17.4. The Morgan fingerprint density at radius 3 is 2.71 bits per heavy atom. The predicted molar refractivity (Wildman–Crippen MR) is 92.1 cm³/mol. The Morgan fingerprint density at radius 2 is 1.88 bits per heavy atom. The maximum Gasteiger partial charge on any atom is 0.273 e. The Kier molecular flexibility index (Phi) is 3.76. The van der Waals surface area contributed by atoms with Crippen molar-refractivity contribution in [1.29, 1.82) is 0 Å². The van der Waals surface area contributed by atoms with Gasteiger partial charge < -0.3 is 5.32 Å². The van der Waals surface area contributed by atoms with Gasteiger partial charge in [0.1, 0.15) is 5.01 Å². The van der Waals surface area contributed by atoms with Crippen LogP contribution in [0.25, 0.3) is 15.9 Å². The van der Waals surface area contributed by atoms with Crippen LogP contribution >= 0.6 is 11.3 Å². The van der Waals surface area contributed by atoms with E-state index in [9.17, 15) is 4.79 Å². The number of hydrogen-bond acceptors (Lipinski definition) is 5. The lowest BCUT2D eigenvalue weighted by Crippen LogP contribution is -2.23. The molecule has 0 aliphatic carbocycles. The van der Waals surface area contributed by atoms with Gasteiger partial charge in [0.25, 0.3) is 5.91 Å². The third-order valence-electron chi connectivity index (χ3n) is 3.45. The van der Waals surface area contributed by atoms with Crippen LogP contribution in [-0.4, -0.2) is 25.9 Å². The van der Waals surface area contributed by atoms with Gasteiger partial charge in [0.2, 0.25) is 0 Å². The zero-order valence-electron chi connectivity index (χ0n) is 12.6. The van der Waals surface area contributed by atoms with Crippen LogP contribution in [-0.2, 0) is 6.54 Å². The molecule has 6 nitrogen and oxygen atoms in total. The maximum absolute atomic E-state index is 12.2. The third-order valence-corrected chi connectivity index (χ3v) is 4.49. The van der Waals surface area contributed by atoms with Gasteiger partial charge in [-0.2, -0.15) is 9.90 Å². The summed E-state index contributed by atoms with van der Waals surface area (Å²) < 4.78 is 1.11. The summed E-state index contributed by atoms with van der Waals surface area (Å²) in [5, 5.41) is 12.0. The van der Waals surface area contributed by atoms with Gasteiger partial charge in [-0.1, -0.05) is 30.3 Å². The summed E-state index contributed by atoms with van der Waals surface area (Å²) in [4.78, 5) is 18.2. The first-order valence-corrected chi connectivity index (χ1v) is 8.22. The zero-order valence-corrected chi connectivity index (χ0v) is 13.4. The first-order valence-electron chi connectivity index (χ1n) is 7.40. The number of carbonyl (C=O) groups is 1. The van der Waals surface area contributed by atoms with Crippen LogP contribution in [0.3, 0.4) is 0 Å². The fraction of sp³-hybridized carbons (Fsp3) is 0.0588. The quantitative estimate of drug-likeness (QED) is 0.622. The number of thiazole rings is 1. The first kappa shape index (κ1) is 14.5. The number of carbonyl (C=O) groups excluding carboxylic acids is 1. The summed E-state index contributed by atoms with van der Waals surface area (Å²) in [5.74, 6) is -0.267. The molecule has 0 unspecified atom stereocenters. The number of hydrogen-bond donors (Lipinski definition) is 1. The SMILES string of the molecule is O=C(NCc1nc2ccccc2s1)c1cnn(-c2ccccc2)n1. The summed E-state index contributed by atoms with van der Waals surface area (Å²) in [6.45, 7) is 0.371. The molecule has 7 heteroatoms. The summed E-state index contributed by atoms with van der Waals surface area (Å²) >= 11 is 1.57. The Bertz CT molecular complexity index is 959. The number of rotatable bonds is 4. The van der Waals surface area contributed by atoms with Crippen molar-refractivity contribution in [3.8, 4) is 5.69 Å².